The standard InChI is InChI=1S/C20H25N5O/c1-3-11-21-19(26)18-14-15(2)22-20(24-18)23-16-7-9-17(10-8-16)25-12-5-4-6-13-25/h3,7-10,14H,1,4-6,11-13H2,2H3,(H,21,26)(H,22,23,24). The summed E-state index contributed by atoms with van der Waals surface area (Å²) in [5.41, 5.74) is 3.21. The molecule has 3 rings (SSSR count). The fourth-order valence-corrected chi connectivity index (χ4v) is 3.03. The van der Waals surface area contributed by atoms with Gasteiger partial charge in [0, 0.05) is 36.7 Å². The highest BCUT2D eigenvalue weighted by Crippen LogP contribution is 2.23. The summed E-state index contributed by atoms with van der Waals surface area (Å²) in [6.07, 6.45) is 5.47. The predicted octanol–water partition coefficient (Wildman–Crippen LogP) is 3.43. The van der Waals surface area contributed by atoms with Crippen LogP contribution in [0.2, 0.25) is 0 Å². The van der Waals surface area contributed by atoms with Crippen LogP contribution in [0.1, 0.15) is 35.4 Å². The molecule has 1 saturated heterocycles. The molecule has 0 radical (unpaired) electrons. The normalized spacial score (nSPS) is 14.0. The third-order valence-electron chi connectivity index (χ3n) is 4.34. The van der Waals surface area contributed by atoms with Gasteiger partial charge in [-0.2, -0.15) is 0 Å². The SMILES string of the molecule is C=CCNC(=O)c1cc(C)nc(Nc2ccc(N3CCCCC3)cc2)n1. The smallest absolute Gasteiger partial charge is 0.270 e. The van der Waals surface area contributed by atoms with Crippen molar-refractivity contribution in [3.8, 4) is 0 Å². The molecule has 6 heteroatoms. The Labute approximate surface area is 154 Å². The van der Waals surface area contributed by atoms with E-state index in [2.05, 4.69) is 44.2 Å². The highest BCUT2D eigenvalue weighted by Gasteiger charge is 2.12. The van der Waals surface area contributed by atoms with E-state index in [1.807, 2.05) is 19.1 Å². The van der Waals surface area contributed by atoms with Gasteiger partial charge in [0.25, 0.3) is 5.91 Å². The molecule has 0 unspecified atom stereocenters. The van der Waals surface area contributed by atoms with E-state index in [9.17, 15) is 4.79 Å². The van der Waals surface area contributed by atoms with Crippen LogP contribution in [0.3, 0.4) is 0 Å². The maximum absolute atomic E-state index is 12.1. The topological polar surface area (TPSA) is 70.2 Å². The summed E-state index contributed by atoms with van der Waals surface area (Å²) in [4.78, 5) is 23.2. The first kappa shape index (κ1) is 17.9. The maximum atomic E-state index is 12.1. The van der Waals surface area contributed by atoms with Gasteiger partial charge in [0.2, 0.25) is 5.95 Å². The summed E-state index contributed by atoms with van der Waals surface area (Å²) >= 11 is 0. The number of carbonyl (C=O) groups is 1. The predicted molar refractivity (Wildman–Crippen MR) is 105 cm³/mol. The number of nitrogens with one attached hydrogen (secondary N) is 2. The Kier molecular flexibility index (Phi) is 5.84. The van der Waals surface area contributed by atoms with E-state index in [1.54, 1.807) is 12.1 Å². The molecule has 2 N–H and O–H groups in total. The summed E-state index contributed by atoms with van der Waals surface area (Å²) in [5.74, 6) is 0.179. The Morgan fingerprint density at radius 1 is 1.19 bits per heavy atom. The Bertz CT molecular complexity index is 766. The van der Waals surface area contributed by atoms with Crippen LogP contribution in [0, 0.1) is 6.92 Å². The summed E-state index contributed by atoms with van der Waals surface area (Å²) in [7, 11) is 0. The molecule has 1 amide bonds. The minimum absolute atomic E-state index is 0.237. The Morgan fingerprint density at radius 2 is 1.92 bits per heavy atom. The second kappa shape index (κ2) is 8.47. The molecule has 1 fully saturated rings. The first-order chi connectivity index (χ1) is 12.7. The number of piperidine rings is 1. The summed E-state index contributed by atoms with van der Waals surface area (Å²) < 4.78 is 0. The number of benzene rings is 1. The molecule has 1 aliphatic rings. The first-order valence-electron chi connectivity index (χ1n) is 9.02. The van der Waals surface area contributed by atoms with Gasteiger partial charge in [-0.05, 0) is 56.5 Å². The minimum atomic E-state index is -0.237. The van der Waals surface area contributed by atoms with Crippen LogP contribution >= 0.6 is 0 Å². The Balaban J connectivity index is 1.70. The third-order valence-corrected chi connectivity index (χ3v) is 4.34. The van der Waals surface area contributed by atoms with Gasteiger partial charge in [0.05, 0.1) is 0 Å². The van der Waals surface area contributed by atoms with Crippen LogP contribution < -0.4 is 15.5 Å². The van der Waals surface area contributed by atoms with E-state index in [0.29, 0.717) is 18.2 Å². The molecule has 1 aliphatic heterocycles. The van der Waals surface area contributed by atoms with E-state index < -0.39 is 0 Å². The lowest BCUT2D eigenvalue weighted by Gasteiger charge is -2.28. The lowest BCUT2D eigenvalue weighted by Crippen LogP contribution is -2.29. The zero-order chi connectivity index (χ0) is 18.4. The van der Waals surface area contributed by atoms with Crippen LogP contribution in [-0.4, -0.2) is 35.5 Å². The Hall–Kier alpha value is -2.89. The average molecular weight is 351 g/mol. The van der Waals surface area contributed by atoms with Crippen LogP contribution in [-0.2, 0) is 0 Å². The van der Waals surface area contributed by atoms with Gasteiger partial charge in [-0.15, -0.1) is 6.58 Å². The highest BCUT2D eigenvalue weighted by atomic mass is 16.1. The van der Waals surface area contributed by atoms with Crippen molar-refractivity contribution < 1.29 is 4.79 Å². The van der Waals surface area contributed by atoms with Crippen molar-refractivity contribution in [3.05, 3.63) is 54.4 Å². The summed E-state index contributed by atoms with van der Waals surface area (Å²) in [6, 6.07) is 9.94. The highest BCUT2D eigenvalue weighted by molar-refractivity contribution is 5.92. The van der Waals surface area contributed by atoms with E-state index in [1.165, 1.54) is 24.9 Å². The van der Waals surface area contributed by atoms with Crippen LogP contribution in [0.4, 0.5) is 17.3 Å². The van der Waals surface area contributed by atoms with Gasteiger partial charge in [-0.25, -0.2) is 9.97 Å². The number of anilines is 3. The number of hydrogen-bond acceptors (Lipinski definition) is 5. The van der Waals surface area contributed by atoms with Crippen molar-refractivity contribution in [3.63, 3.8) is 0 Å². The fraction of sp³-hybridized carbons (Fsp3) is 0.350. The minimum Gasteiger partial charge on any atom is -0.372 e. The number of aryl methyl sites for hydroxylation is 1. The number of aromatic nitrogens is 2. The molecule has 2 aromatic rings. The number of nitrogens with zero attached hydrogens (tertiary/aromatic N) is 3. The van der Waals surface area contributed by atoms with Crippen molar-refractivity contribution in [2.24, 2.45) is 0 Å². The van der Waals surface area contributed by atoms with Crippen LogP contribution in [0.25, 0.3) is 0 Å². The number of hydrogen-bond donors (Lipinski definition) is 2. The fourth-order valence-electron chi connectivity index (χ4n) is 3.03. The molecule has 136 valence electrons. The van der Waals surface area contributed by atoms with E-state index >= 15 is 0 Å². The van der Waals surface area contributed by atoms with Crippen LogP contribution in [0.15, 0.2) is 43.0 Å². The van der Waals surface area contributed by atoms with Crippen molar-refractivity contribution >= 4 is 23.2 Å². The molecule has 1 aromatic heterocycles. The first-order valence-corrected chi connectivity index (χ1v) is 9.02. The monoisotopic (exact) mass is 351 g/mol. The van der Waals surface area contributed by atoms with Crippen molar-refractivity contribution in [1.29, 1.82) is 0 Å². The molecule has 0 aliphatic carbocycles. The summed E-state index contributed by atoms with van der Waals surface area (Å²) in [6.45, 7) is 8.09. The summed E-state index contributed by atoms with van der Waals surface area (Å²) in [5, 5.41) is 5.92. The average Bonchev–Trinajstić information content (AvgIpc) is 2.67. The number of amides is 1. The molecule has 2 heterocycles. The quantitative estimate of drug-likeness (QED) is 0.780. The molecule has 26 heavy (non-hydrogen) atoms. The van der Waals surface area contributed by atoms with E-state index in [0.717, 1.165) is 24.5 Å². The molecular formula is C20H25N5O. The van der Waals surface area contributed by atoms with Gasteiger partial charge in [0.1, 0.15) is 5.69 Å². The van der Waals surface area contributed by atoms with Gasteiger partial charge in [-0.3, -0.25) is 4.79 Å². The van der Waals surface area contributed by atoms with Gasteiger partial charge < -0.3 is 15.5 Å². The molecule has 1 aromatic carbocycles. The molecule has 6 nitrogen and oxygen atoms in total. The maximum Gasteiger partial charge on any atom is 0.270 e. The molecular weight excluding hydrogens is 326 g/mol. The van der Waals surface area contributed by atoms with Crippen LogP contribution in [0.5, 0.6) is 0 Å². The van der Waals surface area contributed by atoms with Crippen molar-refractivity contribution in [2.75, 3.05) is 29.9 Å². The third kappa shape index (κ3) is 4.59. The van der Waals surface area contributed by atoms with Gasteiger partial charge in [0.15, 0.2) is 0 Å². The zero-order valence-corrected chi connectivity index (χ0v) is 15.2. The van der Waals surface area contributed by atoms with E-state index in [4.69, 9.17) is 0 Å². The lowest BCUT2D eigenvalue weighted by atomic mass is 10.1. The number of rotatable bonds is 6. The van der Waals surface area contributed by atoms with Gasteiger partial charge in [-0.1, -0.05) is 6.08 Å². The molecule has 0 saturated carbocycles. The van der Waals surface area contributed by atoms with E-state index in [-0.39, 0.29) is 5.91 Å². The second-order valence-electron chi connectivity index (χ2n) is 6.44. The molecule has 0 bridgehead atoms. The Morgan fingerprint density at radius 3 is 2.62 bits per heavy atom. The largest absolute Gasteiger partial charge is 0.372 e. The lowest BCUT2D eigenvalue weighted by molar-refractivity contribution is 0.0953. The van der Waals surface area contributed by atoms with Crippen molar-refractivity contribution in [2.45, 2.75) is 26.2 Å². The zero-order valence-electron chi connectivity index (χ0n) is 15.2. The molecule has 0 spiro atoms. The number of carbonyl (C=O) groups excluding carboxylic acids is 1. The second-order valence-corrected chi connectivity index (χ2v) is 6.44. The molecule has 0 atom stereocenters. The van der Waals surface area contributed by atoms with Gasteiger partial charge >= 0.3 is 0 Å². The van der Waals surface area contributed by atoms with Crippen molar-refractivity contribution in [1.82, 2.24) is 15.3 Å².